The van der Waals surface area contributed by atoms with Gasteiger partial charge < -0.3 is 4.90 Å². The SMILES string of the molecule is O=C(CCCCCl)N1CCc2ccccc2C1. The molecule has 0 fully saturated rings. The zero-order chi connectivity index (χ0) is 12.1. The summed E-state index contributed by atoms with van der Waals surface area (Å²) in [5.74, 6) is 0.917. The Balaban J connectivity index is 1.91. The molecule has 0 N–H and O–H groups in total. The molecule has 1 heterocycles. The molecule has 0 aliphatic carbocycles. The van der Waals surface area contributed by atoms with Crippen LogP contribution in [0.1, 0.15) is 30.4 Å². The Hall–Kier alpha value is -1.02. The van der Waals surface area contributed by atoms with Crippen LogP contribution in [0.3, 0.4) is 0 Å². The Bertz CT molecular complexity index is 392. The number of carbonyl (C=O) groups is 1. The van der Waals surface area contributed by atoms with Crippen LogP contribution in [-0.2, 0) is 17.8 Å². The van der Waals surface area contributed by atoms with E-state index in [0.29, 0.717) is 12.3 Å². The van der Waals surface area contributed by atoms with Crippen LogP contribution in [0.2, 0.25) is 0 Å². The van der Waals surface area contributed by atoms with Gasteiger partial charge >= 0.3 is 0 Å². The van der Waals surface area contributed by atoms with E-state index in [1.54, 1.807) is 0 Å². The normalized spacial score (nSPS) is 14.5. The van der Waals surface area contributed by atoms with Gasteiger partial charge in [-0.05, 0) is 30.4 Å². The molecule has 0 aromatic heterocycles. The van der Waals surface area contributed by atoms with Crippen molar-refractivity contribution >= 4 is 17.5 Å². The van der Waals surface area contributed by atoms with Gasteiger partial charge in [0.25, 0.3) is 0 Å². The minimum atomic E-state index is 0.268. The summed E-state index contributed by atoms with van der Waals surface area (Å²) in [6.07, 6.45) is 3.45. The van der Waals surface area contributed by atoms with Crippen LogP contribution in [0.25, 0.3) is 0 Å². The second kappa shape index (κ2) is 6.06. The van der Waals surface area contributed by atoms with Gasteiger partial charge in [0.05, 0.1) is 0 Å². The predicted molar refractivity (Wildman–Crippen MR) is 70.1 cm³/mol. The molecule has 1 aliphatic heterocycles. The van der Waals surface area contributed by atoms with E-state index < -0.39 is 0 Å². The molecular weight excluding hydrogens is 234 g/mol. The van der Waals surface area contributed by atoms with Gasteiger partial charge in [-0.2, -0.15) is 0 Å². The predicted octanol–water partition coefficient (Wildman–Crippen LogP) is 2.98. The average molecular weight is 252 g/mol. The maximum absolute atomic E-state index is 12.0. The number of fused-ring (bicyclic) bond motifs is 1. The molecule has 1 aliphatic rings. The minimum absolute atomic E-state index is 0.268. The summed E-state index contributed by atoms with van der Waals surface area (Å²) in [4.78, 5) is 13.9. The van der Waals surface area contributed by atoms with Crippen LogP contribution in [0.5, 0.6) is 0 Å². The molecule has 1 aromatic carbocycles. The molecule has 0 saturated heterocycles. The molecule has 0 bridgehead atoms. The first-order valence-electron chi connectivity index (χ1n) is 6.22. The number of carbonyl (C=O) groups excluding carboxylic acids is 1. The summed E-state index contributed by atoms with van der Waals surface area (Å²) >= 11 is 5.61. The largest absolute Gasteiger partial charge is 0.338 e. The highest BCUT2D eigenvalue weighted by Gasteiger charge is 2.19. The van der Waals surface area contributed by atoms with Crippen LogP contribution in [-0.4, -0.2) is 23.2 Å². The van der Waals surface area contributed by atoms with E-state index in [2.05, 4.69) is 18.2 Å². The minimum Gasteiger partial charge on any atom is -0.338 e. The van der Waals surface area contributed by atoms with Gasteiger partial charge in [-0.15, -0.1) is 11.6 Å². The summed E-state index contributed by atoms with van der Waals surface area (Å²) in [5.41, 5.74) is 2.68. The Morgan fingerprint density at radius 3 is 2.76 bits per heavy atom. The van der Waals surface area contributed by atoms with Gasteiger partial charge in [0, 0.05) is 25.4 Å². The summed E-state index contributed by atoms with van der Waals surface area (Å²) in [6, 6.07) is 8.38. The fourth-order valence-corrected chi connectivity index (χ4v) is 2.43. The highest BCUT2D eigenvalue weighted by molar-refractivity contribution is 6.17. The molecule has 92 valence electrons. The lowest BCUT2D eigenvalue weighted by Crippen LogP contribution is -2.35. The quantitative estimate of drug-likeness (QED) is 0.595. The third-order valence-electron chi connectivity index (χ3n) is 3.26. The first-order chi connectivity index (χ1) is 8.31. The molecule has 1 amide bonds. The third-order valence-corrected chi connectivity index (χ3v) is 3.52. The van der Waals surface area contributed by atoms with Crippen LogP contribution in [0.15, 0.2) is 24.3 Å². The molecule has 0 saturated carbocycles. The number of rotatable bonds is 4. The summed E-state index contributed by atoms with van der Waals surface area (Å²) in [6.45, 7) is 1.63. The van der Waals surface area contributed by atoms with Gasteiger partial charge in [-0.1, -0.05) is 24.3 Å². The second-order valence-electron chi connectivity index (χ2n) is 4.48. The standard InChI is InChI=1S/C14H18ClNO/c15-9-4-3-7-14(17)16-10-8-12-5-1-2-6-13(12)11-16/h1-2,5-6H,3-4,7-11H2. The van der Waals surface area contributed by atoms with Crippen LogP contribution in [0.4, 0.5) is 0 Å². The Morgan fingerprint density at radius 2 is 2.00 bits per heavy atom. The maximum atomic E-state index is 12.0. The first-order valence-corrected chi connectivity index (χ1v) is 6.75. The van der Waals surface area contributed by atoms with Crippen molar-refractivity contribution < 1.29 is 4.79 Å². The molecule has 17 heavy (non-hydrogen) atoms. The van der Waals surface area contributed by atoms with E-state index in [1.165, 1.54) is 11.1 Å². The number of halogens is 1. The summed E-state index contributed by atoms with van der Waals surface area (Å²) in [7, 11) is 0. The van der Waals surface area contributed by atoms with Crippen molar-refractivity contribution in [1.29, 1.82) is 0 Å². The average Bonchev–Trinajstić information content (AvgIpc) is 2.38. The van der Waals surface area contributed by atoms with Crippen LogP contribution in [0, 0.1) is 0 Å². The highest BCUT2D eigenvalue weighted by atomic mass is 35.5. The van der Waals surface area contributed by atoms with Gasteiger partial charge in [0.2, 0.25) is 5.91 Å². The Kier molecular flexibility index (Phi) is 4.43. The second-order valence-corrected chi connectivity index (χ2v) is 4.86. The lowest BCUT2D eigenvalue weighted by molar-refractivity contribution is -0.132. The highest BCUT2D eigenvalue weighted by Crippen LogP contribution is 2.19. The van der Waals surface area contributed by atoms with Gasteiger partial charge in [0.1, 0.15) is 0 Å². The molecule has 2 rings (SSSR count). The van der Waals surface area contributed by atoms with Crippen molar-refractivity contribution in [1.82, 2.24) is 4.90 Å². The van der Waals surface area contributed by atoms with Crippen molar-refractivity contribution in [3.8, 4) is 0 Å². The fraction of sp³-hybridized carbons (Fsp3) is 0.500. The molecule has 3 heteroatoms. The lowest BCUT2D eigenvalue weighted by Gasteiger charge is -2.29. The third kappa shape index (κ3) is 3.22. The monoisotopic (exact) mass is 251 g/mol. The molecule has 1 aromatic rings. The van der Waals surface area contributed by atoms with Crippen molar-refractivity contribution in [3.63, 3.8) is 0 Å². The number of hydrogen-bond acceptors (Lipinski definition) is 1. The molecule has 0 unspecified atom stereocenters. The van der Waals surface area contributed by atoms with E-state index in [4.69, 9.17) is 11.6 Å². The molecule has 0 spiro atoms. The van der Waals surface area contributed by atoms with E-state index >= 15 is 0 Å². The topological polar surface area (TPSA) is 20.3 Å². The van der Waals surface area contributed by atoms with Gasteiger partial charge in [-0.25, -0.2) is 0 Å². The fourth-order valence-electron chi connectivity index (χ4n) is 2.24. The van der Waals surface area contributed by atoms with E-state index in [9.17, 15) is 4.79 Å². The maximum Gasteiger partial charge on any atom is 0.222 e. The number of amides is 1. The summed E-state index contributed by atoms with van der Waals surface area (Å²) in [5, 5.41) is 0. The van der Waals surface area contributed by atoms with Crippen molar-refractivity contribution in [3.05, 3.63) is 35.4 Å². The molecule has 2 nitrogen and oxygen atoms in total. The number of benzene rings is 1. The molecular formula is C14H18ClNO. The number of unbranched alkanes of at least 4 members (excludes halogenated alkanes) is 1. The van der Waals surface area contributed by atoms with Crippen molar-refractivity contribution in [2.75, 3.05) is 12.4 Å². The smallest absolute Gasteiger partial charge is 0.222 e. The Labute approximate surface area is 108 Å². The summed E-state index contributed by atoms with van der Waals surface area (Å²) < 4.78 is 0. The van der Waals surface area contributed by atoms with E-state index in [0.717, 1.165) is 32.4 Å². The van der Waals surface area contributed by atoms with Crippen molar-refractivity contribution in [2.45, 2.75) is 32.2 Å². The Morgan fingerprint density at radius 1 is 1.24 bits per heavy atom. The lowest BCUT2D eigenvalue weighted by atomic mass is 9.99. The number of alkyl halides is 1. The number of nitrogens with zero attached hydrogens (tertiary/aromatic N) is 1. The van der Waals surface area contributed by atoms with Crippen LogP contribution < -0.4 is 0 Å². The van der Waals surface area contributed by atoms with Crippen LogP contribution >= 0.6 is 11.6 Å². The van der Waals surface area contributed by atoms with E-state index in [-0.39, 0.29) is 5.91 Å². The van der Waals surface area contributed by atoms with E-state index in [1.807, 2.05) is 11.0 Å². The number of hydrogen-bond donors (Lipinski definition) is 0. The molecule has 0 atom stereocenters. The van der Waals surface area contributed by atoms with Gasteiger partial charge in [0.15, 0.2) is 0 Å². The zero-order valence-electron chi connectivity index (χ0n) is 9.99. The van der Waals surface area contributed by atoms with Gasteiger partial charge in [-0.3, -0.25) is 4.79 Å². The zero-order valence-corrected chi connectivity index (χ0v) is 10.7. The van der Waals surface area contributed by atoms with Crippen molar-refractivity contribution in [2.24, 2.45) is 0 Å². The first kappa shape index (κ1) is 12.4. The molecule has 0 radical (unpaired) electrons.